The molecule has 0 fully saturated rings. The van der Waals surface area contributed by atoms with Crippen LogP contribution in [0.1, 0.15) is 22.1 Å². The van der Waals surface area contributed by atoms with Gasteiger partial charge < -0.3 is 14.5 Å². The van der Waals surface area contributed by atoms with Crippen molar-refractivity contribution in [3.63, 3.8) is 0 Å². The number of halogens is 2. The van der Waals surface area contributed by atoms with Crippen molar-refractivity contribution in [1.82, 2.24) is 20.2 Å². The molecule has 0 saturated carbocycles. The highest BCUT2D eigenvalue weighted by atomic mass is 79.9. The van der Waals surface area contributed by atoms with E-state index < -0.39 is 11.7 Å². The lowest BCUT2D eigenvalue weighted by Crippen LogP contribution is -2.13. The Hall–Kier alpha value is -3.53. The van der Waals surface area contributed by atoms with Crippen molar-refractivity contribution in [2.24, 2.45) is 0 Å². The van der Waals surface area contributed by atoms with E-state index in [0.29, 0.717) is 23.0 Å². The number of tetrazole rings is 1. The number of anilines is 1. The van der Waals surface area contributed by atoms with Gasteiger partial charge in [0.25, 0.3) is 5.91 Å². The second-order valence-corrected chi connectivity index (χ2v) is 7.18. The van der Waals surface area contributed by atoms with Crippen LogP contribution in [-0.2, 0) is 6.61 Å². The number of nitrogens with zero attached hydrogens (tertiary/aromatic N) is 4. The van der Waals surface area contributed by atoms with E-state index in [0.717, 1.165) is 4.47 Å². The second kappa shape index (κ2) is 8.46. The van der Waals surface area contributed by atoms with Crippen LogP contribution >= 0.6 is 15.9 Å². The summed E-state index contributed by atoms with van der Waals surface area (Å²) in [7, 11) is 0. The second-order valence-electron chi connectivity index (χ2n) is 6.26. The SMILES string of the molecule is Cc1nnnn1-c1ccc(F)c(NC(=O)c2ccc(COc3ccc(Br)cc3)o2)c1. The van der Waals surface area contributed by atoms with Crippen LogP contribution in [0.3, 0.4) is 0 Å². The number of carbonyl (C=O) groups excluding carboxylic acids is 1. The molecule has 2 aromatic heterocycles. The number of rotatable bonds is 6. The Balaban J connectivity index is 1.44. The number of hydrogen-bond acceptors (Lipinski definition) is 6. The van der Waals surface area contributed by atoms with E-state index in [1.165, 1.54) is 28.9 Å². The predicted molar refractivity (Wildman–Crippen MR) is 109 cm³/mol. The Morgan fingerprint density at radius 2 is 2.00 bits per heavy atom. The maximum atomic E-state index is 14.2. The van der Waals surface area contributed by atoms with Gasteiger partial charge in [0.15, 0.2) is 11.6 Å². The number of carbonyl (C=O) groups is 1. The molecule has 30 heavy (non-hydrogen) atoms. The number of furan rings is 1. The summed E-state index contributed by atoms with van der Waals surface area (Å²) in [6.45, 7) is 1.86. The molecular weight excluding hydrogens is 457 g/mol. The fourth-order valence-corrected chi connectivity index (χ4v) is 2.92. The topological polar surface area (TPSA) is 95.1 Å². The molecule has 0 spiro atoms. The lowest BCUT2D eigenvalue weighted by molar-refractivity contribution is 0.0992. The first-order chi connectivity index (χ1) is 14.5. The summed E-state index contributed by atoms with van der Waals surface area (Å²) >= 11 is 3.36. The van der Waals surface area contributed by atoms with Crippen LogP contribution in [0.15, 0.2) is 63.5 Å². The van der Waals surface area contributed by atoms with Gasteiger partial charge in [-0.3, -0.25) is 4.79 Å². The Bertz CT molecular complexity index is 1190. The van der Waals surface area contributed by atoms with Gasteiger partial charge in [0.05, 0.1) is 11.4 Å². The summed E-state index contributed by atoms with van der Waals surface area (Å²) in [6, 6.07) is 14.6. The third-order valence-corrected chi connectivity index (χ3v) is 4.68. The van der Waals surface area contributed by atoms with E-state index in [1.54, 1.807) is 13.0 Å². The minimum Gasteiger partial charge on any atom is -0.486 e. The molecule has 8 nitrogen and oxygen atoms in total. The van der Waals surface area contributed by atoms with Crippen molar-refractivity contribution in [2.45, 2.75) is 13.5 Å². The standard InChI is InChI=1S/C20H15BrFN5O3/c1-12-24-25-26-27(12)14-4-8-17(22)18(10-14)23-20(28)19-9-7-16(30-19)11-29-15-5-2-13(21)3-6-15/h2-10H,11H2,1H3,(H,23,28). The lowest BCUT2D eigenvalue weighted by Gasteiger charge is -2.08. The minimum absolute atomic E-state index is 0.0172. The highest BCUT2D eigenvalue weighted by Gasteiger charge is 2.15. The maximum Gasteiger partial charge on any atom is 0.291 e. The molecule has 0 atom stereocenters. The Labute approximate surface area is 178 Å². The van der Waals surface area contributed by atoms with Crippen LogP contribution < -0.4 is 10.1 Å². The number of ether oxygens (including phenoxy) is 1. The first-order valence-corrected chi connectivity index (χ1v) is 9.62. The molecule has 10 heteroatoms. The zero-order valence-electron chi connectivity index (χ0n) is 15.7. The van der Waals surface area contributed by atoms with Gasteiger partial charge in [-0.1, -0.05) is 15.9 Å². The van der Waals surface area contributed by atoms with Crippen molar-refractivity contribution in [1.29, 1.82) is 0 Å². The number of aromatic nitrogens is 4. The highest BCUT2D eigenvalue weighted by molar-refractivity contribution is 9.10. The number of aryl methyl sites for hydroxylation is 1. The van der Waals surface area contributed by atoms with E-state index >= 15 is 0 Å². The smallest absolute Gasteiger partial charge is 0.291 e. The summed E-state index contributed by atoms with van der Waals surface area (Å²) in [6.07, 6.45) is 0. The molecule has 1 amide bonds. The monoisotopic (exact) mass is 471 g/mol. The van der Waals surface area contributed by atoms with Crippen molar-refractivity contribution < 1.29 is 18.3 Å². The van der Waals surface area contributed by atoms with Gasteiger partial charge >= 0.3 is 0 Å². The Morgan fingerprint density at radius 1 is 1.20 bits per heavy atom. The molecular formula is C20H15BrFN5O3. The first-order valence-electron chi connectivity index (χ1n) is 8.83. The summed E-state index contributed by atoms with van der Waals surface area (Å²) in [4.78, 5) is 12.5. The van der Waals surface area contributed by atoms with Crippen molar-refractivity contribution in [2.75, 3.05) is 5.32 Å². The minimum atomic E-state index is -0.594. The largest absolute Gasteiger partial charge is 0.486 e. The Morgan fingerprint density at radius 3 is 2.73 bits per heavy atom. The molecule has 1 N–H and O–H groups in total. The van der Waals surface area contributed by atoms with Crippen molar-refractivity contribution in [3.05, 3.63) is 82.2 Å². The molecule has 0 unspecified atom stereocenters. The molecule has 2 heterocycles. The third kappa shape index (κ3) is 4.38. The summed E-state index contributed by atoms with van der Waals surface area (Å²) in [5.74, 6) is 0.504. The predicted octanol–water partition coefficient (Wildman–Crippen LogP) is 4.30. The summed E-state index contributed by atoms with van der Waals surface area (Å²) in [5, 5.41) is 13.7. The first kappa shape index (κ1) is 19.8. The van der Waals surface area contributed by atoms with Crippen molar-refractivity contribution >= 4 is 27.5 Å². The molecule has 0 radical (unpaired) electrons. The number of amides is 1. The molecule has 0 aliphatic rings. The Kier molecular flexibility index (Phi) is 5.57. The zero-order valence-corrected chi connectivity index (χ0v) is 17.3. The van der Waals surface area contributed by atoms with E-state index in [-0.39, 0.29) is 18.1 Å². The molecule has 2 aromatic carbocycles. The molecule has 4 rings (SSSR count). The fraction of sp³-hybridized carbons (Fsp3) is 0.100. The van der Waals surface area contributed by atoms with Crippen molar-refractivity contribution in [3.8, 4) is 11.4 Å². The number of hydrogen-bond donors (Lipinski definition) is 1. The quantitative estimate of drug-likeness (QED) is 0.450. The molecule has 152 valence electrons. The molecule has 0 aliphatic carbocycles. The van der Waals surface area contributed by atoms with Gasteiger partial charge in [0.1, 0.15) is 23.9 Å². The fourth-order valence-electron chi connectivity index (χ4n) is 2.66. The molecule has 0 saturated heterocycles. The van der Waals surface area contributed by atoms with Gasteiger partial charge in [0, 0.05) is 4.47 Å². The van der Waals surface area contributed by atoms with Crippen LogP contribution in [-0.4, -0.2) is 26.1 Å². The molecule has 4 aromatic rings. The number of benzene rings is 2. The average Bonchev–Trinajstić information content (AvgIpc) is 3.38. The summed E-state index contributed by atoms with van der Waals surface area (Å²) < 4.78 is 27.7. The van der Waals surface area contributed by atoms with E-state index in [2.05, 4.69) is 36.8 Å². The molecule has 0 aliphatic heterocycles. The van der Waals surface area contributed by atoms with Crippen LogP contribution in [0.25, 0.3) is 5.69 Å². The van der Waals surface area contributed by atoms with E-state index in [4.69, 9.17) is 9.15 Å². The van der Waals surface area contributed by atoms with Crippen LogP contribution in [0.5, 0.6) is 5.75 Å². The van der Waals surface area contributed by atoms with E-state index in [9.17, 15) is 9.18 Å². The highest BCUT2D eigenvalue weighted by Crippen LogP contribution is 2.21. The van der Waals surface area contributed by atoms with Gasteiger partial charge in [-0.25, -0.2) is 4.39 Å². The number of nitrogens with one attached hydrogen (secondary N) is 1. The summed E-state index contributed by atoms with van der Waals surface area (Å²) in [5.41, 5.74) is 0.494. The van der Waals surface area contributed by atoms with Gasteiger partial charge in [-0.2, -0.15) is 4.68 Å². The van der Waals surface area contributed by atoms with Crippen LogP contribution in [0, 0.1) is 12.7 Å². The van der Waals surface area contributed by atoms with Crippen LogP contribution in [0.2, 0.25) is 0 Å². The maximum absolute atomic E-state index is 14.2. The van der Waals surface area contributed by atoms with Gasteiger partial charge in [-0.05, 0) is 71.9 Å². The van der Waals surface area contributed by atoms with Crippen LogP contribution in [0.4, 0.5) is 10.1 Å². The van der Waals surface area contributed by atoms with E-state index in [1.807, 2.05) is 24.3 Å². The third-order valence-electron chi connectivity index (χ3n) is 4.15. The molecule has 0 bridgehead atoms. The van der Waals surface area contributed by atoms with Gasteiger partial charge in [-0.15, -0.1) is 5.10 Å². The van der Waals surface area contributed by atoms with Gasteiger partial charge in [0.2, 0.25) is 0 Å². The average molecular weight is 472 g/mol. The zero-order chi connectivity index (χ0) is 21.1. The lowest BCUT2D eigenvalue weighted by atomic mass is 10.2. The normalized spacial score (nSPS) is 10.8.